The van der Waals surface area contributed by atoms with Gasteiger partial charge in [-0.1, -0.05) is 12.1 Å². The summed E-state index contributed by atoms with van der Waals surface area (Å²) in [4.78, 5) is 33.7. The maximum atomic E-state index is 12.9. The molecule has 3 rings (SSSR count). The highest BCUT2D eigenvalue weighted by Crippen LogP contribution is 2.22. The molecule has 0 unspecified atom stereocenters. The van der Waals surface area contributed by atoms with Crippen LogP contribution in [0.3, 0.4) is 0 Å². The Kier molecular flexibility index (Phi) is 4.41. The Hall–Kier alpha value is -2.63. The lowest BCUT2D eigenvalue weighted by Gasteiger charge is -2.34. The molecule has 1 aliphatic rings. The molecule has 2 heterocycles. The highest BCUT2D eigenvalue weighted by atomic mass is 16.2. The summed E-state index contributed by atoms with van der Waals surface area (Å²) in [6.07, 6.45) is 5.94. The zero-order valence-electron chi connectivity index (χ0n) is 13.1. The minimum absolute atomic E-state index is 0.0947. The lowest BCUT2D eigenvalue weighted by atomic mass is 9.99. The van der Waals surface area contributed by atoms with Crippen molar-refractivity contribution < 1.29 is 9.59 Å². The summed E-state index contributed by atoms with van der Waals surface area (Å²) in [5.41, 5.74) is 2.36. The molecule has 23 heavy (non-hydrogen) atoms. The van der Waals surface area contributed by atoms with Gasteiger partial charge in [0.15, 0.2) is 0 Å². The normalized spacial score (nSPS) is 17.8. The Morgan fingerprint density at radius 1 is 1.35 bits per heavy atom. The fourth-order valence-corrected chi connectivity index (χ4v) is 3.01. The Morgan fingerprint density at radius 3 is 2.96 bits per heavy atom. The highest BCUT2D eigenvalue weighted by molar-refractivity contribution is 5.98. The van der Waals surface area contributed by atoms with E-state index in [0.29, 0.717) is 18.5 Å². The summed E-state index contributed by atoms with van der Waals surface area (Å²) < 4.78 is 0. The number of carbonyl (C=O) groups excluding carboxylic acids is 2. The molecule has 6 nitrogen and oxygen atoms in total. The summed E-state index contributed by atoms with van der Waals surface area (Å²) in [5.74, 6) is -0.192. The molecule has 1 aliphatic heterocycles. The van der Waals surface area contributed by atoms with Crippen molar-refractivity contribution in [1.82, 2.24) is 20.2 Å². The first-order valence-corrected chi connectivity index (χ1v) is 7.82. The number of aromatic amines is 1. The molecule has 1 aromatic heterocycles. The molecule has 2 aromatic rings. The zero-order chi connectivity index (χ0) is 16.2. The third kappa shape index (κ3) is 3.11. The minimum atomic E-state index is -0.378. The predicted molar refractivity (Wildman–Crippen MR) is 86.8 cm³/mol. The van der Waals surface area contributed by atoms with Gasteiger partial charge in [-0.3, -0.25) is 9.59 Å². The second kappa shape index (κ2) is 6.64. The number of likely N-dealkylation sites (tertiary alicyclic amines) is 1. The largest absolute Gasteiger partial charge is 0.357 e. The fraction of sp³-hybridized carbons (Fsp3) is 0.353. The van der Waals surface area contributed by atoms with E-state index in [1.54, 1.807) is 30.5 Å². The monoisotopic (exact) mass is 312 g/mol. The number of amides is 2. The van der Waals surface area contributed by atoms with Crippen LogP contribution in [-0.4, -0.2) is 46.3 Å². The Balaban J connectivity index is 1.87. The van der Waals surface area contributed by atoms with E-state index in [4.69, 9.17) is 0 Å². The van der Waals surface area contributed by atoms with E-state index in [1.165, 1.54) is 0 Å². The van der Waals surface area contributed by atoms with Gasteiger partial charge >= 0.3 is 0 Å². The smallest absolute Gasteiger partial charge is 0.254 e. The molecule has 0 bridgehead atoms. The summed E-state index contributed by atoms with van der Waals surface area (Å²) in [7, 11) is 1.61. The van der Waals surface area contributed by atoms with Crippen LogP contribution in [0.25, 0.3) is 11.3 Å². The van der Waals surface area contributed by atoms with Crippen molar-refractivity contribution in [3.05, 3.63) is 42.4 Å². The number of H-pyrrole nitrogens is 1. The molecular formula is C17H20N4O2. The van der Waals surface area contributed by atoms with Crippen molar-refractivity contribution in [3.63, 3.8) is 0 Å². The Labute approximate surface area is 134 Å². The number of piperidine rings is 1. The van der Waals surface area contributed by atoms with Crippen LogP contribution in [0.5, 0.6) is 0 Å². The number of likely N-dealkylation sites (N-methyl/N-ethyl adjacent to an activating group) is 1. The second-order valence-corrected chi connectivity index (χ2v) is 5.67. The first-order valence-electron chi connectivity index (χ1n) is 7.82. The second-order valence-electron chi connectivity index (χ2n) is 5.67. The number of hydrogen-bond donors (Lipinski definition) is 2. The molecule has 1 fully saturated rings. The molecule has 0 spiro atoms. The molecule has 0 saturated carbocycles. The number of nitrogens with one attached hydrogen (secondary N) is 2. The molecule has 120 valence electrons. The van der Waals surface area contributed by atoms with Gasteiger partial charge in [-0.25, -0.2) is 4.98 Å². The average molecular weight is 312 g/mol. The first-order chi connectivity index (χ1) is 11.2. The third-order valence-electron chi connectivity index (χ3n) is 4.23. The Bertz CT molecular complexity index is 696. The van der Waals surface area contributed by atoms with Gasteiger partial charge in [0, 0.05) is 24.7 Å². The summed E-state index contributed by atoms with van der Waals surface area (Å²) >= 11 is 0. The van der Waals surface area contributed by atoms with Crippen molar-refractivity contribution in [2.24, 2.45) is 0 Å². The molecule has 2 amide bonds. The van der Waals surface area contributed by atoms with E-state index >= 15 is 0 Å². The number of rotatable bonds is 3. The number of carbonyl (C=O) groups is 2. The van der Waals surface area contributed by atoms with Crippen LogP contribution >= 0.6 is 0 Å². The Morgan fingerprint density at radius 2 is 2.22 bits per heavy atom. The lowest BCUT2D eigenvalue weighted by Crippen LogP contribution is -2.51. The van der Waals surface area contributed by atoms with Crippen molar-refractivity contribution in [1.29, 1.82) is 0 Å². The average Bonchev–Trinajstić information content (AvgIpc) is 3.15. The molecule has 1 atom stereocenters. The summed E-state index contributed by atoms with van der Waals surface area (Å²) in [6.45, 7) is 0.616. The molecular weight excluding hydrogens is 292 g/mol. The molecule has 1 aromatic carbocycles. The molecule has 6 heteroatoms. The summed E-state index contributed by atoms with van der Waals surface area (Å²) in [5, 5.41) is 2.66. The molecule has 1 saturated heterocycles. The van der Waals surface area contributed by atoms with E-state index in [-0.39, 0.29) is 17.9 Å². The number of hydrogen-bond acceptors (Lipinski definition) is 3. The van der Waals surface area contributed by atoms with Crippen molar-refractivity contribution in [2.75, 3.05) is 13.6 Å². The number of imidazole rings is 1. The van der Waals surface area contributed by atoms with Gasteiger partial charge in [-0.05, 0) is 31.4 Å². The number of aromatic nitrogens is 2. The molecule has 0 radical (unpaired) electrons. The third-order valence-corrected chi connectivity index (χ3v) is 4.23. The van der Waals surface area contributed by atoms with Gasteiger partial charge in [0.05, 0.1) is 18.2 Å². The SMILES string of the molecule is CNC(=O)[C@@H]1CCCCN1C(=O)c1cccc(-c2cnc[nH]2)c1. The van der Waals surface area contributed by atoms with Gasteiger partial charge in [0.1, 0.15) is 6.04 Å². The zero-order valence-corrected chi connectivity index (χ0v) is 13.1. The van der Waals surface area contributed by atoms with E-state index in [0.717, 1.165) is 24.1 Å². The van der Waals surface area contributed by atoms with Crippen LogP contribution in [-0.2, 0) is 4.79 Å². The van der Waals surface area contributed by atoms with Crippen molar-refractivity contribution in [2.45, 2.75) is 25.3 Å². The van der Waals surface area contributed by atoms with Crippen molar-refractivity contribution >= 4 is 11.8 Å². The van der Waals surface area contributed by atoms with Crippen LogP contribution < -0.4 is 5.32 Å². The number of nitrogens with zero attached hydrogens (tertiary/aromatic N) is 2. The predicted octanol–water partition coefficient (Wildman–Crippen LogP) is 1.82. The van der Waals surface area contributed by atoms with Gasteiger partial charge in [0.2, 0.25) is 5.91 Å². The molecule has 2 N–H and O–H groups in total. The highest BCUT2D eigenvalue weighted by Gasteiger charge is 2.32. The first kappa shape index (κ1) is 15.3. The van der Waals surface area contributed by atoms with Crippen LogP contribution in [0.4, 0.5) is 0 Å². The van der Waals surface area contributed by atoms with E-state index < -0.39 is 0 Å². The molecule has 0 aliphatic carbocycles. The van der Waals surface area contributed by atoms with Crippen molar-refractivity contribution in [3.8, 4) is 11.3 Å². The topological polar surface area (TPSA) is 78.1 Å². The standard InChI is InChI=1S/C17H20N4O2/c1-18-16(22)15-7-2-3-8-21(15)17(23)13-6-4-5-12(9-13)14-10-19-11-20-14/h4-6,9-11,15H,2-3,7-8H2,1H3,(H,18,22)(H,19,20)/t15-/m0/s1. The fourth-order valence-electron chi connectivity index (χ4n) is 3.01. The van der Waals surface area contributed by atoms with Crippen LogP contribution in [0.1, 0.15) is 29.6 Å². The van der Waals surface area contributed by atoms with Gasteiger partial charge in [0.25, 0.3) is 5.91 Å². The van der Waals surface area contributed by atoms with E-state index in [1.807, 2.05) is 18.2 Å². The summed E-state index contributed by atoms with van der Waals surface area (Å²) in [6, 6.07) is 7.03. The van der Waals surface area contributed by atoms with Gasteiger partial charge < -0.3 is 15.2 Å². The number of benzene rings is 1. The van der Waals surface area contributed by atoms with Crippen LogP contribution in [0, 0.1) is 0 Å². The maximum absolute atomic E-state index is 12.9. The van der Waals surface area contributed by atoms with Crippen LogP contribution in [0.15, 0.2) is 36.8 Å². The van der Waals surface area contributed by atoms with E-state index in [2.05, 4.69) is 15.3 Å². The quantitative estimate of drug-likeness (QED) is 0.907. The van der Waals surface area contributed by atoms with Gasteiger partial charge in [-0.2, -0.15) is 0 Å². The van der Waals surface area contributed by atoms with E-state index in [9.17, 15) is 9.59 Å². The van der Waals surface area contributed by atoms with Gasteiger partial charge in [-0.15, -0.1) is 0 Å². The maximum Gasteiger partial charge on any atom is 0.254 e. The van der Waals surface area contributed by atoms with Crippen LogP contribution in [0.2, 0.25) is 0 Å². The lowest BCUT2D eigenvalue weighted by molar-refractivity contribution is -0.126. The minimum Gasteiger partial charge on any atom is -0.357 e.